The SMILES string of the molecule is CN(C)CC(C)(CN)Cc1ccco1. The lowest BCUT2D eigenvalue weighted by Crippen LogP contribution is -2.39. The molecule has 0 aliphatic carbocycles. The quantitative estimate of drug-likeness (QED) is 0.773. The zero-order valence-corrected chi connectivity index (χ0v) is 9.29. The fraction of sp³-hybridized carbons (Fsp3) is 0.636. The molecular formula is C11H20N2O. The summed E-state index contributed by atoms with van der Waals surface area (Å²) in [5.74, 6) is 1.01. The van der Waals surface area contributed by atoms with E-state index in [1.807, 2.05) is 12.1 Å². The summed E-state index contributed by atoms with van der Waals surface area (Å²) < 4.78 is 5.34. The molecule has 2 N–H and O–H groups in total. The summed E-state index contributed by atoms with van der Waals surface area (Å²) in [5.41, 5.74) is 5.90. The highest BCUT2D eigenvalue weighted by Crippen LogP contribution is 2.22. The highest BCUT2D eigenvalue weighted by molar-refractivity contribution is 5.02. The maximum Gasteiger partial charge on any atom is 0.104 e. The minimum absolute atomic E-state index is 0.0986. The second-order valence-electron chi connectivity index (χ2n) is 4.51. The van der Waals surface area contributed by atoms with Crippen LogP contribution in [0.4, 0.5) is 0 Å². The monoisotopic (exact) mass is 196 g/mol. The van der Waals surface area contributed by atoms with Crippen LogP contribution in [-0.4, -0.2) is 32.1 Å². The fourth-order valence-electron chi connectivity index (χ4n) is 1.79. The van der Waals surface area contributed by atoms with E-state index in [1.54, 1.807) is 6.26 Å². The highest BCUT2D eigenvalue weighted by atomic mass is 16.3. The Hall–Kier alpha value is -0.800. The number of nitrogens with two attached hydrogens (primary N) is 1. The Morgan fingerprint density at radius 2 is 2.21 bits per heavy atom. The number of furan rings is 1. The van der Waals surface area contributed by atoms with Gasteiger partial charge in [-0.15, -0.1) is 0 Å². The van der Waals surface area contributed by atoms with Crippen LogP contribution in [0.25, 0.3) is 0 Å². The minimum Gasteiger partial charge on any atom is -0.469 e. The second-order valence-corrected chi connectivity index (χ2v) is 4.51. The van der Waals surface area contributed by atoms with Crippen LogP contribution < -0.4 is 5.73 Å². The summed E-state index contributed by atoms with van der Waals surface area (Å²) in [6.07, 6.45) is 2.61. The van der Waals surface area contributed by atoms with Crippen LogP contribution in [0.3, 0.4) is 0 Å². The molecule has 0 spiro atoms. The van der Waals surface area contributed by atoms with Crippen molar-refractivity contribution in [3.8, 4) is 0 Å². The minimum atomic E-state index is 0.0986. The Kier molecular flexibility index (Phi) is 3.72. The summed E-state index contributed by atoms with van der Waals surface area (Å²) in [5, 5.41) is 0. The molecular weight excluding hydrogens is 176 g/mol. The molecule has 1 heterocycles. The number of nitrogens with zero attached hydrogens (tertiary/aromatic N) is 1. The van der Waals surface area contributed by atoms with E-state index < -0.39 is 0 Å². The number of hydrogen-bond acceptors (Lipinski definition) is 3. The van der Waals surface area contributed by atoms with Crippen LogP contribution in [0.15, 0.2) is 22.8 Å². The van der Waals surface area contributed by atoms with Crippen LogP contribution in [-0.2, 0) is 6.42 Å². The molecule has 14 heavy (non-hydrogen) atoms. The van der Waals surface area contributed by atoms with Gasteiger partial charge in [0.25, 0.3) is 0 Å². The third-order valence-electron chi connectivity index (χ3n) is 2.37. The molecule has 0 amide bonds. The second kappa shape index (κ2) is 4.62. The van der Waals surface area contributed by atoms with Crippen LogP contribution in [0.5, 0.6) is 0 Å². The van der Waals surface area contributed by atoms with E-state index in [9.17, 15) is 0 Å². The first-order valence-corrected chi connectivity index (χ1v) is 4.93. The predicted molar refractivity (Wildman–Crippen MR) is 58.1 cm³/mol. The summed E-state index contributed by atoms with van der Waals surface area (Å²) in [7, 11) is 4.13. The van der Waals surface area contributed by atoms with Gasteiger partial charge in [0, 0.05) is 13.0 Å². The number of rotatable bonds is 5. The average Bonchev–Trinajstić information content (AvgIpc) is 2.55. The maximum absolute atomic E-state index is 5.80. The Balaban J connectivity index is 2.61. The van der Waals surface area contributed by atoms with E-state index in [0.717, 1.165) is 18.7 Å². The van der Waals surface area contributed by atoms with E-state index in [-0.39, 0.29) is 5.41 Å². The van der Waals surface area contributed by atoms with Crippen molar-refractivity contribution in [2.75, 3.05) is 27.2 Å². The van der Waals surface area contributed by atoms with Gasteiger partial charge in [0.2, 0.25) is 0 Å². The van der Waals surface area contributed by atoms with E-state index in [1.165, 1.54) is 0 Å². The topological polar surface area (TPSA) is 42.4 Å². The van der Waals surface area contributed by atoms with Gasteiger partial charge < -0.3 is 15.1 Å². The van der Waals surface area contributed by atoms with Gasteiger partial charge in [-0.2, -0.15) is 0 Å². The van der Waals surface area contributed by atoms with Crippen molar-refractivity contribution >= 4 is 0 Å². The molecule has 1 aromatic rings. The summed E-state index contributed by atoms with van der Waals surface area (Å²) in [4.78, 5) is 2.16. The first kappa shape index (κ1) is 11.3. The molecule has 80 valence electrons. The van der Waals surface area contributed by atoms with Crippen molar-refractivity contribution in [3.05, 3.63) is 24.2 Å². The van der Waals surface area contributed by atoms with Crippen molar-refractivity contribution in [1.82, 2.24) is 4.90 Å². The molecule has 0 radical (unpaired) electrons. The maximum atomic E-state index is 5.80. The zero-order valence-electron chi connectivity index (χ0n) is 9.29. The molecule has 0 aliphatic rings. The summed E-state index contributed by atoms with van der Waals surface area (Å²) in [6.45, 7) is 3.84. The summed E-state index contributed by atoms with van der Waals surface area (Å²) in [6, 6.07) is 3.92. The number of hydrogen-bond donors (Lipinski definition) is 1. The van der Waals surface area contributed by atoms with Gasteiger partial charge in [-0.3, -0.25) is 0 Å². The average molecular weight is 196 g/mol. The van der Waals surface area contributed by atoms with E-state index in [4.69, 9.17) is 10.2 Å². The molecule has 0 saturated carbocycles. The van der Waals surface area contributed by atoms with Gasteiger partial charge in [0.05, 0.1) is 6.26 Å². The lowest BCUT2D eigenvalue weighted by Gasteiger charge is -2.30. The lowest BCUT2D eigenvalue weighted by atomic mass is 9.85. The largest absolute Gasteiger partial charge is 0.469 e. The van der Waals surface area contributed by atoms with E-state index in [2.05, 4.69) is 25.9 Å². The Labute approximate surface area is 85.9 Å². The molecule has 1 atom stereocenters. The lowest BCUT2D eigenvalue weighted by molar-refractivity contribution is 0.213. The van der Waals surface area contributed by atoms with Gasteiger partial charge in [0.1, 0.15) is 5.76 Å². The Morgan fingerprint density at radius 3 is 2.64 bits per heavy atom. The standard InChI is InChI=1S/C11H20N2O/c1-11(8-12,9-13(2)3)7-10-5-4-6-14-10/h4-6H,7-9,12H2,1-3H3. The molecule has 1 aromatic heterocycles. The van der Waals surface area contributed by atoms with Gasteiger partial charge in [-0.25, -0.2) is 0 Å². The highest BCUT2D eigenvalue weighted by Gasteiger charge is 2.24. The van der Waals surface area contributed by atoms with Gasteiger partial charge in [0.15, 0.2) is 0 Å². The van der Waals surface area contributed by atoms with Crippen molar-refractivity contribution < 1.29 is 4.42 Å². The molecule has 0 saturated heterocycles. The third-order valence-corrected chi connectivity index (χ3v) is 2.37. The van der Waals surface area contributed by atoms with Crippen molar-refractivity contribution in [3.63, 3.8) is 0 Å². The van der Waals surface area contributed by atoms with E-state index in [0.29, 0.717) is 6.54 Å². The predicted octanol–water partition coefficient (Wildman–Crippen LogP) is 1.35. The molecule has 0 aliphatic heterocycles. The smallest absolute Gasteiger partial charge is 0.104 e. The first-order valence-electron chi connectivity index (χ1n) is 4.93. The van der Waals surface area contributed by atoms with Gasteiger partial charge in [-0.1, -0.05) is 6.92 Å². The molecule has 0 fully saturated rings. The van der Waals surface area contributed by atoms with Crippen molar-refractivity contribution in [1.29, 1.82) is 0 Å². The molecule has 3 heteroatoms. The summed E-state index contributed by atoms with van der Waals surface area (Å²) >= 11 is 0. The van der Waals surface area contributed by atoms with Crippen molar-refractivity contribution in [2.24, 2.45) is 11.1 Å². The molecule has 0 aromatic carbocycles. The van der Waals surface area contributed by atoms with Gasteiger partial charge in [-0.05, 0) is 38.2 Å². The molecule has 1 unspecified atom stereocenters. The Morgan fingerprint density at radius 1 is 1.50 bits per heavy atom. The van der Waals surface area contributed by atoms with Crippen LogP contribution in [0.2, 0.25) is 0 Å². The van der Waals surface area contributed by atoms with E-state index >= 15 is 0 Å². The van der Waals surface area contributed by atoms with Crippen LogP contribution >= 0.6 is 0 Å². The zero-order chi connectivity index (χ0) is 10.6. The molecule has 0 bridgehead atoms. The molecule has 1 rings (SSSR count). The molecule has 3 nitrogen and oxygen atoms in total. The van der Waals surface area contributed by atoms with Gasteiger partial charge >= 0.3 is 0 Å². The first-order chi connectivity index (χ1) is 6.56. The van der Waals surface area contributed by atoms with Crippen molar-refractivity contribution in [2.45, 2.75) is 13.3 Å². The fourth-order valence-corrected chi connectivity index (χ4v) is 1.79. The normalized spacial score (nSPS) is 15.8. The Bertz CT molecular complexity index is 256. The van der Waals surface area contributed by atoms with Crippen LogP contribution in [0, 0.1) is 5.41 Å². The third kappa shape index (κ3) is 3.16. The van der Waals surface area contributed by atoms with Crippen LogP contribution in [0.1, 0.15) is 12.7 Å².